The smallest absolute Gasteiger partial charge is 0.337 e. The number of H-pyrrole nitrogens is 1. The Bertz CT molecular complexity index is 1030. The fraction of sp³-hybridized carbons (Fsp3) is 0. The van der Waals surface area contributed by atoms with Crippen LogP contribution < -0.4 is 0 Å². The summed E-state index contributed by atoms with van der Waals surface area (Å²) in [6, 6.07) is 16.8. The first-order valence-electron chi connectivity index (χ1n) is 6.80. The van der Waals surface area contributed by atoms with Crippen LogP contribution in [0.3, 0.4) is 0 Å². The molecule has 2 heterocycles. The molecule has 0 spiro atoms. The molecule has 0 saturated heterocycles. The number of nitrogens with one attached hydrogen (secondary N) is 1. The molecule has 24 heavy (non-hydrogen) atoms. The molecule has 0 aliphatic heterocycles. The molecule has 0 fully saturated rings. The van der Waals surface area contributed by atoms with E-state index in [-0.39, 0.29) is 30.4 Å². The van der Waals surface area contributed by atoms with E-state index in [1.807, 2.05) is 42.5 Å². The van der Waals surface area contributed by atoms with Crippen LogP contribution in [-0.4, -0.2) is 26.3 Å². The van der Waals surface area contributed by atoms with E-state index in [0.29, 0.717) is 5.52 Å². The van der Waals surface area contributed by atoms with Crippen molar-refractivity contribution in [3.05, 3.63) is 60.2 Å². The van der Waals surface area contributed by atoms with Gasteiger partial charge in [0.05, 0.1) is 22.5 Å². The number of carbonyl (C=O) groups is 1. The zero-order valence-corrected chi connectivity index (χ0v) is 13.9. The number of hydrogen-bond donors (Lipinski definition) is 2. The second-order valence-electron chi connectivity index (χ2n) is 4.99. The van der Waals surface area contributed by atoms with Gasteiger partial charge in [0.25, 0.3) is 0 Å². The summed E-state index contributed by atoms with van der Waals surface area (Å²) in [5.74, 6) is -0.991. The molecule has 5 nitrogen and oxygen atoms in total. The molecule has 2 aromatic heterocycles. The maximum atomic E-state index is 11.3. The molecule has 4 aromatic rings. The van der Waals surface area contributed by atoms with Gasteiger partial charge in [-0.3, -0.25) is 5.10 Å². The molecule has 0 saturated carbocycles. The van der Waals surface area contributed by atoms with Gasteiger partial charge in [-0.1, -0.05) is 36.4 Å². The average molecular weight is 362 g/mol. The maximum Gasteiger partial charge on any atom is 0.337 e. The van der Waals surface area contributed by atoms with Crippen LogP contribution in [0.15, 0.2) is 54.6 Å². The summed E-state index contributed by atoms with van der Waals surface area (Å²) in [4.78, 5) is 15.9. The molecule has 0 radical (unpaired) electrons. The Hall–Kier alpha value is -2.63. The molecule has 0 amide bonds. The van der Waals surface area contributed by atoms with Crippen LogP contribution >= 0.6 is 24.8 Å². The van der Waals surface area contributed by atoms with E-state index in [1.54, 1.807) is 12.1 Å². The highest BCUT2D eigenvalue weighted by molar-refractivity contribution is 6.05. The van der Waals surface area contributed by atoms with Crippen LogP contribution in [0.1, 0.15) is 10.4 Å². The molecule has 7 heteroatoms. The van der Waals surface area contributed by atoms with Crippen LogP contribution in [0, 0.1) is 0 Å². The third-order valence-electron chi connectivity index (χ3n) is 3.67. The van der Waals surface area contributed by atoms with Crippen LogP contribution in [0.2, 0.25) is 0 Å². The quantitative estimate of drug-likeness (QED) is 0.557. The molecule has 0 bridgehead atoms. The van der Waals surface area contributed by atoms with Crippen molar-refractivity contribution in [2.24, 2.45) is 0 Å². The number of carboxylic acids is 1. The minimum atomic E-state index is -0.991. The van der Waals surface area contributed by atoms with Crippen molar-refractivity contribution < 1.29 is 9.90 Å². The highest BCUT2D eigenvalue weighted by Crippen LogP contribution is 2.28. The Morgan fingerprint density at radius 3 is 2.54 bits per heavy atom. The van der Waals surface area contributed by atoms with Gasteiger partial charge >= 0.3 is 5.97 Å². The summed E-state index contributed by atoms with van der Waals surface area (Å²) in [5, 5.41) is 18.1. The first-order valence-corrected chi connectivity index (χ1v) is 6.80. The monoisotopic (exact) mass is 361 g/mol. The van der Waals surface area contributed by atoms with Gasteiger partial charge in [0.15, 0.2) is 0 Å². The number of aromatic nitrogens is 3. The summed E-state index contributed by atoms with van der Waals surface area (Å²) >= 11 is 0. The summed E-state index contributed by atoms with van der Waals surface area (Å²) in [7, 11) is 0. The normalized spacial score (nSPS) is 10.2. The second-order valence-corrected chi connectivity index (χ2v) is 4.99. The number of benzene rings is 2. The molecular formula is C17H13Cl2N3O2. The summed E-state index contributed by atoms with van der Waals surface area (Å²) < 4.78 is 0. The fourth-order valence-corrected chi connectivity index (χ4v) is 2.61. The number of nitrogens with zero attached hydrogens (tertiary/aromatic N) is 2. The number of aromatic amines is 1. The number of rotatable bonds is 2. The predicted octanol–water partition coefficient (Wildman–Crippen LogP) is 4.32. The number of pyridine rings is 1. The Balaban J connectivity index is 0.00000104. The fourth-order valence-electron chi connectivity index (χ4n) is 2.61. The molecule has 0 aliphatic carbocycles. The minimum absolute atomic E-state index is 0. The molecule has 4 rings (SSSR count). The first-order chi connectivity index (χ1) is 10.7. The topological polar surface area (TPSA) is 78.9 Å². The van der Waals surface area contributed by atoms with Gasteiger partial charge in [0.1, 0.15) is 5.52 Å². The van der Waals surface area contributed by atoms with Crippen LogP contribution in [0.25, 0.3) is 33.2 Å². The molecule has 2 N–H and O–H groups in total. The number of hydrogen-bond acceptors (Lipinski definition) is 3. The third-order valence-corrected chi connectivity index (χ3v) is 3.67. The van der Waals surface area contributed by atoms with Gasteiger partial charge in [0.2, 0.25) is 0 Å². The van der Waals surface area contributed by atoms with Crippen molar-refractivity contribution >= 4 is 52.6 Å². The van der Waals surface area contributed by atoms with Crippen LogP contribution in [0.4, 0.5) is 0 Å². The van der Waals surface area contributed by atoms with E-state index in [9.17, 15) is 9.90 Å². The Morgan fingerprint density at radius 1 is 0.958 bits per heavy atom. The van der Waals surface area contributed by atoms with E-state index >= 15 is 0 Å². The molecule has 122 valence electrons. The van der Waals surface area contributed by atoms with Crippen molar-refractivity contribution in [1.29, 1.82) is 0 Å². The molecule has 2 aromatic carbocycles. The second kappa shape index (κ2) is 6.86. The number of fused-ring (bicyclic) bond motifs is 2. The zero-order valence-electron chi connectivity index (χ0n) is 12.3. The maximum absolute atomic E-state index is 11.3. The lowest BCUT2D eigenvalue weighted by atomic mass is 10.1. The van der Waals surface area contributed by atoms with Gasteiger partial charge in [-0.15, -0.1) is 24.8 Å². The lowest BCUT2D eigenvalue weighted by molar-refractivity contribution is 0.0699. The average Bonchev–Trinajstić information content (AvgIpc) is 2.98. The lowest BCUT2D eigenvalue weighted by Gasteiger charge is -2.02. The van der Waals surface area contributed by atoms with E-state index in [1.165, 1.54) is 0 Å². The number of aromatic carboxylic acids is 1. The summed E-state index contributed by atoms with van der Waals surface area (Å²) in [6.45, 7) is 0. The van der Waals surface area contributed by atoms with Gasteiger partial charge in [-0.05, 0) is 18.2 Å². The SMILES string of the molecule is Cl.Cl.O=C(O)c1cccc2c(-c3ccc4ccccc4n3)[nH]nc12. The van der Waals surface area contributed by atoms with E-state index in [0.717, 1.165) is 27.7 Å². The van der Waals surface area contributed by atoms with Crippen molar-refractivity contribution in [3.63, 3.8) is 0 Å². The molecule has 0 aliphatic rings. The largest absolute Gasteiger partial charge is 0.478 e. The Morgan fingerprint density at radius 2 is 1.75 bits per heavy atom. The van der Waals surface area contributed by atoms with Crippen molar-refractivity contribution in [1.82, 2.24) is 15.2 Å². The van der Waals surface area contributed by atoms with Gasteiger partial charge in [-0.25, -0.2) is 9.78 Å². The van der Waals surface area contributed by atoms with Gasteiger partial charge in [-0.2, -0.15) is 5.10 Å². The van der Waals surface area contributed by atoms with E-state index in [2.05, 4.69) is 15.2 Å². The van der Waals surface area contributed by atoms with Crippen LogP contribution in [-0.2, 0) is 0 Å². The van der Waals surface area contributed by atoms with Crippen molar-refractivity contribution in [2.45, 2.75) is 0 Å². The molecule has 0 atom stereocenters. The van der Waals surface area contributed by atoms with Gasteiger partial charge < -0.3 is 5.11 Å². The highest BCUT2D eigenvalue weighted by Gasteiger charge is 2.15. The van der Waals surface area contributed by atoms with Crippen molar-refractivity contribution in [3.8, 4) is 11.4 Å². The summed E-state index contributed by atoms with van der Waals surface area (Å²) in [6.07, 6.45) is 0. The highest BCUT2D eigenvalue weighted by atomic mass is 35.5. The zero-order chi connectivity index (χ0) is 15.1. The minimum Gasteiger partial charge on any atom is -0.478 e. The van der Waals surface area contributed by atoms with Crippen LogP contribution in [0.5, 0.6) is 0 Å². The number of para-hydroxylation sites is 2. The van der Waals surface area contributed by atoms with E-state index in [4.69, 9.17) is 0 Å². The predicted molar refractivity (Wildman–Crippen MR) is 98.3 cm³/mol. The third kappa shape index (κ3) is 2.79. The number of halogens is 2. The van der Waals surface area contributed by atoms with E-state index < -0.39 is 5.97 Å². The Labute approximate surface area is 149 Å². The summed E-state index contributed by atoms with van der Waals surface area (Å²) in [5.41, 5.74) is 2.98. The first kappa shape index (κ1) is 17.7. The lowest BCUT2D eigenvalue weighted by Crippen LogP contribution is -1.96. The standard InChI is InChI=1S/C17H11N3O2.2ClH/c21-17(22)12-6-3-5-11-15(12)19-20-16(11)14-9-8-10-4-1-2-7-13(10)18-14;;/h1-9H,(H,19,20)(H,21,22);2*1H. The number of carboxylic acid groups (broad SMARTS) is 1. The Kier molecular flexibility index (Phi) is 5.07. The molecule has 0 unspecified atom stereocenters. The van der Waals surface area contributed by atoms with Gasteiger partial charge in [0, 0.05) is 10.8 Å². The molecular weight excluding hydrogens is 349 g/mol. The van der Waals surface area contributed by atoms with Crippen molar-refractivity contribution in [2.75, 3.05) is 0 Å².